The molecule has 1 saturated carbocycles. The van der Waals surface area contributed by atoms with Crippen LogP contribution in [0, 0.1) is 11.6 Å². The summed E-state index contributed by atoms with van der Waals surface area (Å²) in [6, 6.07) is 2.36. The quantitative estimate of drug-likeness (QED) is 0.613. The van der Waals surface area contributed by atoms with Gasteiger partial charge in [0.1, 0.15) is 11.4 Å². The molecule has 0 aromatic heterocycles. The molecule has 96 valence electrons. The number of carbonyl (C=O) groups excluding carboxylic acids is 1. The molecule has 0 aliphatic heterocycles. The van der Waals surface area contributed by atoms with Gasteiger partial charge in [-0.2, -0.15) is 4.99 Å². The Kier molecular flexibility index (Phi) is 3.43. The summed E-state index contributed by atoms with van der Waals surface area (Å²) < 4.78 is 32.9. The molecule has 0 unspecified atom stereocenters. The fourth-order valence-corrected chi connectivity index (χ4v) is 2.58. The van der Waals surface area contributed by atoms with Gasteiger partial charge in [0.25, 0.3) is 0 Å². The number of hydrogen-bond acceptors (Lipinski definition) is 3. The Hall–Kier alpha value is -1.74. The van der Waals surface area contributed by atoms with Gasteiger partial charge in [-0.25, -0.2) is 13.6 Å². The summed E-state index contributed by atoms with van der Waals surface area (Å²) in [5.41, 5.74) is -1.30. The Bertz CT molecular complexity index is 504. The Balaban J connectivity index is 2.64. The number of halogens is 2. The Morgan fingerprint density at radius 2 is 2.00 bits per heavy atom. The number of benzene rings is 1. The fraction of sp³-hybridized carbons (Fsp3) is 0.462. The van der Waals surface area contributed by atoms with Gasteiger partial charge in [0.2, 0.25) is 6.08 Å². The first kappa shape index (κ1) is 12.7. The molecule has 3 nitrogen and oxygen atoms in total. The summed E-state index contributed by atoms with van der Waals surface area (Å²) in [5.74, 6) is -1.52. The number of rotatable bonds is 3. The van der Waals surface area contributed by atoms with Gasteiger partial charge in [0.05, 0.1) is 12.7 Å². The van der Waals surface area contributed by atoms with Crippen LogP contribution < -0.4 is 4.74 Å². The van der Waals surface area contributed by atoms with E-state index >= 15 is 0 Å². The molecule has 0 N–H and O–H groups in total. The molecule has 0 radical (unpaired) electrons. The summed E-state index contributed by atoms with van der Waals surface area (Å²) >= 11 is 0. The molecule has 0 atom stereocenters. The van der Waals surface area contributed by atoms with Crippen LogP contribution in [-0.4, -0.2) is 13.2 Å². The maximum Gasteiger partial charge on any atom is 0.235 e. The molecule has 0 saturated heterocycles. The van der Waals surface area contributed by atoms with Crippen molar-refractivity contribution in [2.75, 3.05) is 7.11 Å². The Labute approximate surface area is 103 Å². The van der Waals surface area contributed by atoms with Crippen molar-refractivity contribution in [1.29, 1.82) is 0 Å². The monoisotopic (exact) mass is 253 g/mol. The van der Waals surface area contributed by atoms with Gasteiger partial charge in [-0.3, -0.25) is 0 Å². The van der Waals surface area contributed by atoms with Crippen LogP contribution in [0.15, 0.2) is 17.1 Å². The molecule has 0 spiro atoms. The van der Waals surface area contributed by atoms with Crippen molar-refractivity contribution < 1.29 is 18.3 Å². The molecule has 2 rings (SSSR count). The number of ether oxygens (including phenoxy) is 1. The van der Waals surface area contributed by atoms with Gasteiger partial charge in [0.15, 0.2) is 11.6 Å². The van der Waals surface area contributed by atoms with Crippen LogP contribution in [0.3, 0.4) is 0 Å². The van der Waals surface area contributed by atoms with Gasteiger partial charge in [-0.05, 0) is 25.0 Å². The largest absolute Gasteiger partial charge is 0.494 e. The number of nitrogens with zero attached hydrogens (tertiary/aromatic N) is 1. The van der Waals surface area contributed by atoms with E-state index in [4.69, 9.17) is 4.74 Å². The Morgan fingerprint density at radius 1 is 1.33 bits per heavy atom. The molecular formula is C13H13F2NO2. The third-order valence-corrected chi connectivity index (χ3v) is 3.43. The number of hydrogen-bond donors (Lipinski definition) is 0. The number of aliphatic imine (C=N–C) groups is 1. The highest BCUT2D eigenvalue weighted by Crippen LogP contribution is 2.45. The molecule has 0 amide bonds. The lowest BCUT2D eigenvalue weighted by atomic mass is 9.88. The van der Waals surface area contributed by atoms with Crippen LogP contribution in [0.5, 0.6) is 5.75 Å². The predicted molar refractivity (Wildman–Crippen MR) is 61.2 cm³/mol. The molecule has 0 bridgehead atoms. The van der Waals surface area contributed by atoms with Gasteiger partial charge >= 0.3 is 0 Å². The molecule has 1 fully saturated rings. The van der Waals surface area contributed by atoms with E-state index in [0.717, 1.165) is 18.9 Å². The van der Waals surface area contributed by atoms with E-state index in [1.54, 1.807) is 0 Å². The average Bonchev–Trinajstić information content (AvgIpc) is 2.79. The zero-order valence-corrected chi connectivity index (χ0v) is 10.0. The summed E-state index contributed by atoms with van der Waals surface area (Å²) in [6.07, 6.45) is 3.90. The van der Waals surface area contributed by atoms with E-state index in [2.05, 4.69) is 4.99 Å². The van der Waals surface area contributed by atoms with Crippen molar-refractivity contribution in [2.45, 2.75) is 31.2 Å². The lowest BCUT2D eigenvalue weighted by Gasteiger charge is -2.24. The minimum absolute atomic E-state index is 0.0428. The van der Waals surface area contributed by atoms with Gasteiger partial charge < -0.3 is 4.74 Å². The van der Waals surface area contributed by atoms with Crippen LogP contribution in [-0.2, 0) is 10.3 Å². The highest BCUT2D eigenvalue weighted by Gasteiger charge is 2.41. The van der Waals surface area contributed by atoms with Crippen LogP contribution >= 0.6 is 0 Å². The zero-order valence-electron chi connectivity index (χ0n) is 10.0. The molecular weight excluding hydrogens is 240 g/mol. The van der Waals surface area contributed by atoms with Crippen LogP contribution in [0.25, 0.3) is 0 Å². The van der Waals surface area contributed by atoms with Crippen molar-refractivity contribution >= 4 is 6.08 Å². The first-order chi connectivity index (χ1) is 8.64. The van der Waals surface area contributed by atoms with Crippen molar-refractivity contribution in [1.82, 2.24) is 0 Å². The maximum absolute atomic E-state index is 14.2. The molecule has 5 heteroatoms. The molecule has 0 heterocycles. The molecule has 1 aliphatic carbocycles. The normalized spacial score (nSPS) is 17.3. The summed E-state index contributed by atoms with van der Waals surface area (Å²) in [6.45, 7) is 0. The highest BCUT2D eigenvalue weighted by atomic mass is 19.1. The second-order valence-corrected chi connectivity index (χ2v) is 4.38. The Morgan fingerprint density at radius 3 is 2.56 bits per heavy atom. The topological polar surface area (TPSA) is 38.7 Å². The van der Waals surface area contributed by atoms with E-state index < -0.39 is 17.2 Å². The molecule has 1 aromatic carbocycles. The van der Waals surface area contributed by atoms with E-state index in [0.29, 0.717) is 12.8 Å². The summed E-state index contributed by atoms with van der Waals surface area (Å²) in [7, 11) is 1.31. The van der Waals surface area contributed by atoms with Crippen molar-refractivity contribution in [3.63, 3.8) is 0 Å². The lowest BCUT2D eigenvalue weighted by molar-refractivity contribution is 0.357. The third-order valence-electron chi connectivity index (χ3n) is 3.43. The third kappa shape index (κ3) is 1.91. The minimum Gasteiger partial charge on any atom is -0.494 e. The van der Waals surface area contributed by atoms with Gasteiger partial charge in [-0.15, -0.1) is 0 Å². The minimum atomic E-state index is -1.12. The number of methoxy groups -OCH3 is 1. The zero-order chi connectivity index (χ0) is 13.2. The highest BCUT2D eigenvalue weighted by molar-refractivity contribution is 5.42. The van der Waals surface area contributed by atoms with Gasteiger partial charge in [-0.1, -0.05) is 12.8 Å². The van der Waals surface area contributed by atoms with Crippen LogP contribution in [0.2, 0.25) is 0 Å². The maximum atomic E-state index is 14.2. The second kappa shape index (κ2) is 4.86. The van der Waals surface area contributed by atoms with Crippen molar-refractivity contribution in [2.24, 2.45) is 4.99 Å². The van der Waals surface area contributed by atoms with Crippen molar-refractivity contribution in [3.8, 4) is 5.75 Å². The number of isocyanates is 1. The second-order valence-electron chi connectivity index (χ2n) is 4.38. The van der Waals surface area contributed by atoms with E-state index in [-0.39, 0.29) is 11.3 Å². The predicted octanol–water partition coefficient (Wildman–Crippen LogP) is 3.08. The molecule has 1 aliphatic rings. The van der Waals surface area contributed by atoms with Gasteiger partial charge in [0, 0.05) is 0 Å². The molecule has 1 aromatic rings. The van der Waals surface area contributed by atoms with Crippen LogP contribution in [0.1, 0.15) is 31.2 Å². The average molecular weight is 253 g/mol. The van der Waals surface area contributed by atoms with Crippen LogP contribution in [0.4, 0.5) is 8.78 Å². The first-order valence-corrected chi connectivity index (χ1v) is 5.76. The summed E-state index contributed by atoms with van der Waals surface area (Å²) in [4.78, 5) is 14.2. The molecule has 18 heavy (non-hydrogen) atoms. The lowest BCUT2D eigenvalue weighted by Crippen LogP contribution is -2.23. The fourth-order valence-electron chi connectivity index (χ4n) is 2.58. The van der Waals surface area contributed by atoms with E-state index in [1.807, 2.05) is 0 Å². The standard InChI is InChI=1S/C13H13F2NO2/c1-18-10-5-4-9(14)11(12(10)15)13(16-8-17)6-2-3-7-13/h4-5H,2-3,6-7H2,1H3. The first-order valence-electron chi connectivity index (χ1n) is 5.76. The SMILES string of the molecule is COc1ccc(F)c(C2(N=C=O)CCCC2)c1F. The summed E-state index contributed by atoms with van der Waals surface area (Å²) in [5, 5.41) is 0. The smallest absolute Gasteiger partial charge is 0.235 e. The van der Waals surface area contributed by atoms with Crippen molar-refractivity contribution in [3.05, 3.63) is 29.3 Å². The van der Waals surface area contributed by atoms with E-state index in [9.17, 15) is 13.6 Å². The van der Waals surface area contributed by atoms with E-state index in [1.165, 1.54) is 19.3 Å².